The van der Waals surface area contributed by atoms with E-state index in [0.29, 0.717) is 11.1 Å². The molecule has 0 bridgehead atoms. The van der Waals surface area contributed by atoms with E-state index >= 15 is 0 Å². The maximum absolute atomic E-state index is 10.6. The van der Waals surface area contributed by atoms with Crippen molar-refractivity contribution in [2.45, 2.75) is 45.8 Å². The van der Waals surface area contributed by atoms with Crippen LogP contribution in [0.5, 0.6) is 0 Å². The van der Waals surface area contributed by atoms with Crippen LogP contribution in [0, 0.1) is 0 Å². The molecule has 0 unspecified atom stereocenters. The molecule has 0 atom stereocenters. The molecule has 3 aromatic carbocycles. The highest BCUT2D eigenvalue weighted by atomic mass is 16.4. The molecule has 0 heterocycles. The van der Waals surface area contributed by atoms with Gasteiger partial charge < -0.3 is 20.4 Å². The third kappa shape index (κ3) is 14.1. The Kier molecular flexibility index (Phi) is 13.5. The minimum Gasteiger partial charge on any atom is -0.478 e. The average Bonchev–Trinajstić information content (AvgIpc) is 2.81. The molecular formula is C28H34O7. The fourth-order valence-electron chi connectivity index (χ4n) is 1.83. The minimum atomic E-state index is -1.01. The van der Waals surface area contributed by atoms with E-state index in [0.717, 1.165) is 5.56 Å². The molecule has 0 aliphatic rings. The maximum Gasteiger partial charge on any atom is 0.335 e. The monoisotopic (exact) mass is 482 g/mol. The van der Waals surface area contributed by atoms with Crippen LogP contribution in [0.2, 0.25) is 0 Å². The van der Waals surface area contributed by atoms with E-state index < -0.39 is 23.1 Å². The SMILES string of the molecule is CC(=O)c1ccccc1.CC(C)(O)C(C)(C)O.O=C(O)c1ccccc1.O=C(O)c1ccccc1. The predicted molar refractivity (Wildman–Crippen MR) is 136 cm³/mol. The fraction of sp³-hybridized carbons (Fsp3) is 0.250. The van der Waals surface area contributed by atoms with E-state index in [4.69, 9.17) is 20.4 Å². The summed E-state index contributed by atoms with van der Waals surface area (Å²) in [4.78, 5) is 31.0. The molecule has 3 aromatic rings. The predicted octanol–water partition coefficient (Wildman–Crippen LogP) is 5.19. The van der Waals surface area contributed by atoms with Gasteiger partial charge in [-0.05, 0) is 58.9 Å². The number of rotatable bonds is 4. The van der Waals surface area contributed by atoms with Crippen molar-refractivity contribution in [2.75, 3.05) is 0 Å². The average molecular weight is 483 g/mol. The molecule has 0 aliphatic heterocycles. The number of hydrogen-bond acceptors (Lipinski definition) is 5. The molecule has 0 aromatic heterocycles. The first kappa shape index (κ1) is 31.2. The third-order valence-electron chi connectivity index (χ3n) is 4.72. The smallest absolute Gasteiger partial charge is 0.335 e. The van der Waals surface area contributed by atoms with Gasteiger partial charge in [-0.15, -0.1) is 0 Å². The number of benzene rings is 3. The van der Waals surface area contributed by atoms with Gasteiger partial charge in [-0.2, -0.15) is 0 Å². The van der Waals surface area contributed by atoms with Gasteiger partial charge in [0.15, 0.2) is 5.78 Å². The largest absolute Gasteiger partial charge is 0.478 e. The van der Waals surface area contributed by atoms with E-state index in [1.165, 1.54) is 0 Å². The number of ketones is 1. The molecule has 0 fully saturated rings. The van der Waals surface area contributed by atoms with Crippen molar-refractivity contribution in [3.8, 4) is 0 Å². The van der Waals surface area contributed by atoms with Crippen LogP contribution in [0.1, 0.15) is 65.7 Å². The van der Waals surface area contributed by atoms with Gasteiger partial charge in [-0.3, -0.25) is 4.79 Å². The van der Waals surface area contributed by atoms with Crippen molar-refractivity contribution in [3.05, 3.63) is 108 Å². The van der Waals surface area contributed by atoms with Crippen LogP contribution >= 0.6 is 0 Å². The summed E-state index contributed by atoms with van der Waals surface area (Å²) in [6, 6.07) is 25.8. The molecule has 0 saturated carbocycles. The lowest BCUT2D eigenvalue weighted by Gasteiger charge is -2.31. The van der Waals surface area contributed by atoms with Crippen molar-refractivity contribution >= 4 is 17.7 Å². The molecule has 7 heteroatoms. The van der Waals surface area contributed by atoms with Crippen molar-refractivity contribution in [3.63, 3.8) is 0 Å². The first-order chi connectivity index (χ1) is 16.2. The number of carboxylic acids is 2. The van der Waals surface area contributed by atoms with E-state index in [2.05, 4.69) is 0 Å². The fourth-order valence-corrected chi connectivity index (χ4v) is 1.83. The molecule has 0 spiro atoms. The Morgan fingerprint density at radius 2 is 0.743 bits per heavy atom. The summed E-state index contributed by atoms with van der Waals surface area (Å²) in [5, 5.41) is 35.0. The number of Topliss-reactive ketones (excluding diaryl/α,β-unsaturated/α-hetero) is 1. The summed E-state index contributed by atoms with van der Waals surface area (Å²) in [5.41, 5.74) is -0.576. The summed E-state index contributed by atoms with van der Waals surface area (Å²) in [6.07, 6.45) is 0. The number of carbonyl (C=O) groups excluding carboxylic acids is 1. The second kappa shape index (κ2) is 15.2. The quantitative estimate of drug-likeness (QED) is 0.376. The Bertz CT molecular complexity index is 888. The van der Waals surface area contributed by atoms with Gasteiger partial charge in [0.05, 0.1) is 22.3 Å². The van der Waals surface area contributed by atoms with Crippen LogP contribution in [0.15, 0.2) is 91.0 Å². The van der Waals surface area contributed by atoms with Gasteiger partial charge >= 0.3 is 11.9 Å². The maximum atomic E-state index is 10.6. The summed E-state index contributed by atoms with van der Waals surface area (Å²) >= 11 is 0. The zero-order valence-corrected chi connectivity index (χ0v) is 20.7. The van der Waals surface area contributed by atoms with E-state index in [1.54, 1.807) is 95.3 Å². The summed E-state index contributed by atoms with van der Waals surface area (Å²) in [7, 11) is 0. The van der Waals surface area contributed by atoms with Crippen molar-refractivity contribution in [1.29, 1.82) is 0 Å². The van der Waals surface area contributed by atoms with Gasteiger partial charge in [-0.25, -0.2) is 9.59 Å². The van der Waals surface area contributed by atoms with E-state index in [9.17, 15) is 14.4 Å². The second-order valence-electron chi connectivity index (χ2n) is 8.38. The molecule has 0 radical (unpaired) electrons. The van der Waals surface area contributed by atoms with Crippen LogP contribution in [0.4, 0.5) is 0 Å². The van der Waals surface area contributed by atoms with Gasteiger partial charge in [0, 0.05) is 5.56 Å². The van der Waals surface area contributed by atoms with Crippen molar-refractivity contribution in [1.82, 2.24) is 0 Å². The van der Waals surface area contributed by atoms with Gasteiger partial charge in [0.2, 0.25) is 0 Å². The van der Waals surface area contributed by atoms with Crippen LogP contribution in [-0.4, -0.2) is 49.4 Å². The molecule has 188 valence electrons. The summed E-state index contributed by atoms with van der Waals surface area (Å²) < 4.78 is 0. The molecule has 4 N–H and O–H groups in total. The molecule has 7 nitrogen and oxygen atoms in total. The molecule has 0 saturated heterocycles. The van der Waals surface area contributed by atoms with Crippen molar-refractivity contribution < 1.29 is 34.8 Å². The minimum absolute atomic E-state index is 0.121. The molecule has 0 aliphatic carbocycles. The van der Waals surface area contributed by atoms with Gasteiger partial charge in [0.1, 0.15) is 0 Å². The normalized spacial score (nSPS) is 10.1. The van der Waals surface area contributed by atoms with Crippen LogP contribution in [0.3, 0.4) is 0 Å². The Labute approximate surface area is 206 Å². The molecule has 0 amide bonds. The van der Waals surface area contributed by atoms with E-state index in [1.807, 2.05) is 30.3 Å². The Hall–Kier alpha value is -3.81. The molecule has 3 rings (SSSR count). The molecular weight excluding hydrogens is 448 g/mol. The highest BCUT2D eigenvalue weighted by molar-refractivity contribution is 5.93. The molecule has 35 heavy (non-hydrogen) atoms. The van der Waals surface area contributed by atoms with Crippen LogP contribution in [0.25, 0.3) is 0 Å². The second-order valence-corrected chi connectivity index (χ2v) is 8.38. The topological polar surface area (TPSA) is 132 Å². The number of aliphatic hydroxyl groups is 2. The van der Waals surface area contributed by atoms with Gasteiger partial charge in [0.25, 0.3) is 0 Å². The zero-order chi connectivity index (χ0) is 27.1. The number of carboxylic acid groups (broad SMARTS) is 2. The lowest BCUT2D eigenvalue weighted by Crippen LogP contribution is -2.44. The summed E-state index contributed by atoms with van der Waals surface area (Å²) in [5.74, 6) is -1.64. The third-order valence-corrected chi connectivity index (χ3v) is 4.72. The number of carbonyl (C=O) groups is 3. The van der Waals surface area contributed by atoms with Crippen LogP contribution in [-0.2, 0) is 0 Å². The number of hydrogen-bond donors (Lipinski definition) is 4. The lowest BCUT2D eigenvalue weighted by molar-refractivity contribution is -0.107. The highest BCUT2D eigenvalue weighted by Crippen LogP contribution is 2.19. The number of aromatic carboxylic acids is 2. The van der Waals surface area contributed by atoms with E-state index in [-0.39, 0.29) is 5.78 Å². The first-order valence-electron chi connectivity index (χ1n) is 10.7. The zero-order valence-electron chi connectivity index (χ0n) is 20.7. The van der Waals surface area contributed by atoms with Gasteiger partial charge in [-0.1, -0.05) is 66.7 Å². The van der Waals surface area contributed by atoms with Crippen LogP contribution < -0.4 is 0 Å². The van der Waals surface area contributed by atoms with Crippen molar-refractivity contribution in [2.24, 2.45) is 0 Å². The Morgan fingerprint density at radius 1 is 0.514 bits per heavy atom. The summed E-state index contributed by atoms with van der Waals surface area (Å²) in [6.45, 7) is 7.87. The lowest BCUT2D eigenvalue weighted by atomic mass is 9.90. The Balaban J connectivity index is 0.000000441. The Morgan fingerprint density at radius 3 is 0.857 bits per heavy atom. The highest BCUT2D eigenvalue weighted by Gasteiger charge is 2.31. The first-order valence-corrected chi connectivity index (χ1v) is 10.7. The standard InChI is InChI=1S/C8H8O.2C7H6O2.C6H14O2/c1-7(9)8-5-3-2-4-6-8;2*8-7(9)6-4-2-1-3-5-6;1-5(2,7)6(3,4)8/h2-6H,1H3;2*1-5H,(H,8,9);7-8H,1-4H3.